The van der Waals surface area contributed by atoms with Crippen molar-refractivity contribution in [3.63, 3.8) is 0 Å². The first-order chi connectivity index (χ1) is 20.5. The van der Waals surface area contributed by atoms with Crippen LogP contribution in [0.25, 0.3) is 43.8 Å². The standard InChI is InChI=1S/C41H36Si.2CH3.Hf/c1-29-13-7-9-19-36(29)38-21-11-17-32-25-34(27-40(32)38)42(3,24-23-31-15-5-4-6-16-31)35-26-33-18-12-22-39(41(33)28-35)37-20-10-8-14-30(37)2;;;/h4-22,25-28H,23-24H2,1-3H3;2*1H3;/q-2;2*-1;+4. The summed E-state index contributed by atoms with van der Waals surface area (Å²) < 4.78 is 0. The van der Waals surface area contributed by atoms with Crippen LogP contribution in [0.5, 0.6) is 0 Å². The van der Waals surface area contributed by atoms with E-state index in [0.29, 0.717) is 0 Å². The van der Waals surface area contributed by atoms with Gasteiger partial charge in [-0.3, -0.25) is 0 Å². The van der Waals surface area contributed by atoms with Crippen LogP contribution in [0, 0.1) is 28.7 Å². The Morgan fingerprint density at radius 2 is 0.933 bits per heavy atom. The van der Waals surface area contributed by atoms with E-state index in [0.717, 1.165) is 6.42 Å². The van der Waals surface area contributed by atoms with Gasteiger partial charge in [-0.15, -0.1) is 68.3 Å². The van der Waals surface area contributed by atoms with Crippen molar-refractivity contribution in [1.82, 2.24) is 0 Å². The van der Waals surface area contributed by atoms with Gasteiger partial charge in [0.15, 0.2) is 0 Å². The van der Waals surface area contributed by atoms with Gasteiger partial charge in [0.25, 0.3) is 0 Å². The first-order valence-corrected chi connectivity index (χ1v) is 17.8. The van der Waals surface area contributed by atoms with Gasteiger partial charge >= 0.3 is 25.8 Å². The van der Waals surface area contributed by atoms with E-state index in [1.54, 1.807) is 0 Å². The minimum absolute atomic E-state index is 0. The summed E-state index contributed by atoms with van der Waals surface area (Å²) in [6.07, 6.45) is 1.09. The third-order valence-electron chi connectivity index (χ3n) is 9.40. The van der Waals surface area contributed by atoms with Crippen LogP contribution in [-0.4, -0.2) is 8.07 Å². The van der Waals surface area contributed by atoms with Gasteiger partial charge in [-0.2, -0.15) is 12.1 Å². The van der Waals surface area contributed by atoms with Crippen molar-refractivity contribution < 1.29 is 25.8 Å². The molecule has 0 nitrogen and oxygen atoms in total. The molecule has 0 aliphatic heterocycles. The molecule has 0 aliphatic rings. The fraction of sp³-hybridized carbons (Fsp3) is 0.116. The summed E-state index contributed by atoms with van der Waals surface area (Å²) >= 11 is 0. The van der Waals surface area contributed by atoms with Crippen LogP contribution in [0.1, 0.15) is 16.7 Å². The van der Waals surface area contributed by atoms with E-state index in [2.05, 4.69) is 160 Å². The number of fused-ring (bicyclic) bond motifs is 2. The summed E-state index contributed by atoms with van der Waals surface area (Å²) in [6.45, 7) is 7.04. The molecule has 0 N–H and O–H groups in total. The second kappa shape index (κ2) is 14.2. The SMILES string of the molecule is Cc1ccccc1-c1cccc2[cH-]c([Si](C)(CCc3ccccc3)c3cc4c(-c5ccccc5C)cccc4[cH-]3)cc12.[CH3-].[CH3-].[Hf+4]. The van der Waals surface area contributed by atoms with E-state index < -0.39 is 8.07 Å². The predicted molar refractivity (Wildman–Crippen MR) is 198 cm³/mol. The molecule has 0 spiro atoms. The molecule has 45 heavy (non-hydrogen) atoms. The first-order valence-electron chi connectivity index (χ1n) is 15.1. The summed E-state index contributed by atoms with van der Waals surface area (Å²) in [5.74, 6) is 0. The number of hydrogen-bond donors (Lipinski definition) is 0. The molecular weight excluding hydrogens is 723 g/mol. The molecule has 0 fully saturated rings. The minimum atomic E-state index is -2.13. The normalized spacial score (nSPS) is 11.1. The molecule has 0 aliphatic carbocycles. The van der Waals surface area contributed by atoms with E-state index in [4.69, 9.17) is 0 Å². The Hall–Kier alpha value is -3.59. The molecular formula is C43H42HfSi. The molecule has 222 valence electrons. The molecule has 0 radical (unpaired) electrons. The van der Waals surface area contributed by atoms with Crippen LogP contribution in [0.3, 0.4) is 0 Å². The van der Waals surface area contributed by atoms with Crippen LogP contribution in [0.15, 0.2) is 140 Å². The maximum atomic E-state index is 2.60. The molecule has 0 bridgehead atoms. The van der Waals surface area contributed by atoms with Gasteiger partial charge in [0.2, 0.25) is 0 Å². The van der Waals surface area contributed by atoms with Crippen LogP contribution in [0.2, 0.25) is 12.6 Å². The Balaban J connectivity index is 0.00000154. The maximum absolute atomic E-state index is 2.60. The van der Waals surface area contributed by atoms with Gasteiger partial charge < -0.3 is 14.9 Å². The predicted octanol–water partition coefficient (Wildman–Crippen LogP) is 10.7. The Morgan fingerprint density at radius 1 is 0.511 bits per heavy atom. The molecule has 7 aromatic rings. The van der Waals surface area contributed by atoms with Crippen LogP contribution in [0.4, 0.5) is 0 Å². The summed E-state index contributed by atoms with van der Waals surface area (Å²) in [4.78, 5) is 0. The van der Waals surface area contributed by atoms with Crippen molar-refractivity contribution in [2.75, 3.05) is 0 Å². The summed E-state index contributed by atoms with van der Waals surface area (Å²) in [5, 5.41) is 8.50. The van der Waals surface area contributed by atoms with E-state index in [9.17, 15) is 0 Å². The number of rotatable bonds is 7. The largest absolute Gasteiger partial charge is 4.00 e. The Kier molecular flexibility index (Phi) is 10.8. The molecule has 7 aromatic carbocycles. The quantitative estimate of drug-likeness (QED) is 0.112. The van der Waals surface area contributed by atoms with Crippen molar-refractivity contribution in [2.24, 2.45) is 0 Å². The molecule has 0 unspecified atom stereocenters. The monoisotopic (exact) mass is 766 g/mol. The van der Waals surface area contributed by atoms with Crippen molar-refractivity contribution in [2.45, 2.75) is 32.9 Å². The fourth-order valence-electron chi connectivity index (χ4n) is 6.82. The Bertz CT molecular complexity index is 1900. The Labute approximate surface area is 290 Å². The van der Waals surface area contributed by atoms with Crippen LogP contribution >= 0.6 is 0 Å². The third-order valence-corrected chi connectivity index (χ3v) is 13.8. The van der Waals surface area contributed by atoms with Crippen LogP contribution < -0.4 is 10.4 Å². The zero-order valence-corrected chi connectivity index (χ0v) is 31.8. The van der Waals surface area contributed by atoms with Gasteiger partial charge in [-0.05, 0) is 54.1 Å². The van der Waals surface area contributed by atoms with Crippen molar-refractivity contribution >= 4 is 40.0 Å². The summed E-state index contributed by atoms with van der Waals surface area (Å²) in [5.41, 5.74) is 9.40. The zero-order valence-electron chi connectivity index (χ0n) is 27.2. The minimum Gasteiger partial charge on any atom is -0.358 e. The first kappa shape index (κ1) is 34.3. The third kappa shape index (κ3) is 6.41. The van der Waals surface area contributed by atoms with Crippen molar-refractivity contribution in [3.8, 4) is 22.3 Å². The fourth-order valence-corrected chi connectivity index (χ4v) is 10.4. The van der Waals surface area contributed by atoms with E-state index in [-0.39, 0.29) is 40.7 Å². The van der Waals surface area contributed by atoms with E-state index >= 15 is 0 Å². The van der Waals surface area contributed by atoms with Crippen molar-refractivity contribution in [3.05, 3.63) is 171 Å². The van der Waals surface area contributed by atoms with E-state index in [1.807, 2.05) is 0 Å². The van der Waals surface area contributed by atoms with Crippen molar-refractivity contribution in [1.29, 1.82) is 0 Å². The van der Waals surface area contributed by atoms with Gasteiger partial charge in [0.05, 0.1) is 8.07 Å². The second-order valence-corrected chi connectivity index (χ2v) is 16.4. The Morgan fingerprint density at radius 3 is 1.40 bits per heavy atom. The second-order valence-electron chi connectivity index (χ2n) is 12.1. The average Bonchev–Trinajstić information content (AvgIpc) is 3.67. The molecule has 0 saturated heterocycles. The van der Waals surface area contributed by atoms with Crippen LogP contribution in [-0.2, 0) is 32.3 Å². The van der Waals surface area contributed by atoms with Gasteiger partial charge in [-0.25, -0.2) is 0 Å². The summed E-state index contributed by atoms with van der Waals surface area (Å²) in [6, 6.07) is 53.5. The van der Waals surface area contributed by atoms with E-state index in [1.165, 1.54) is 76.9 Å². The molecule has 0 saturated carbocycles. The molecule has 0 heterocycles. The molecule has 0 atom stereocenters. The van der Waals surface area contributed by atoms with Gasteiger partial charge in [-0.1, -0.05) is 109 Å². The number of hydrogen-bond acceptors (Lipinski definition) is 0. The smallest absolute Gasteiger partial charge is 0.358 e. The average molecular weight is 765 g/mol. The van der Waals surface area contributed by atoms with Gasteiger partial charge in [0, 0.05) is 0 Å². The number of aryl methyl sites for hydroxylation is 3. The topological polar surface area (TPSA) is 0 Å². The molecule has 0 amide bonds. The molecule has 2 heteroatoms. The van der Waals surface area contributed by atoms with Gasteiger partial charge in [0.1, 0.15) is 0 Å². The molecule has 0 aromatic heterocycles. The zero-order chi connectivity index (χ0) is 28.7. The summed E-state index contributed by atoms with van der Waals surface area (Å²) in [7, 11) is -2.13. The number of benzene rings is 5. The molecule has 7 rings (SSSR count). The maximum Gasteiger partial charge on any atom is 4.00 e.